The molecule has 0 amide bonds. The molecule has 0 radical (unpaired) electrons. The van der Waals surface area contributed by atoms with E-state index < -0.39 is 0 Å². The van der Waals surface area contributed by atoms with Gasteiger partial charge in [-0.1, -0.05) is 70.8 Å². The third-order valence-corrected chi connectivity index (χ3v) is 6.43. The fourth-order valence-corrected chi connectivity index (χ4v) is 4.28. The van der Waals surface area contributed by atoms with Crippen molar-refractivity contribution < 1.29 is 0 Å². The third-order valence-electron chi connectivity index (χ3n) is 4.36. The number of nitrogens with zero attached hydrogens (tertiary/aromatic N) is 4. The lowest BCUT2D eigenvalue weighted by molar-refractivity contribution is 0.886. The highest BCUT2D eigenvalue weighted by molar-refractivity contribution is 7.98. The number of rotatable bonds is 5. The summed E-state index contributed by atoms with van der Waals surface area (Å²) in [5.41, 5.74) is 3.25. The lowest BCUT2D eigenvalue weighted by atomic mass is 10.2. The molecule has 0 spiro atoms. The van der Waals surface area contributed by atoms with Gasteiger partial charge in [-0.15, -0.1) is 10.2 Å². The minimum Gasteiger partial charge on any atom is -0.270 e. The molecule has 0 bridgehead atoms. The maximum Gasteiger partial charge on any atom is 0.196 e. The van der Waals surface area contributed by atoms with Gasteiger partial charge in [0.2, 0.25) is 0 Å². The average molecular weight is 472 g/mol. The van der Waals surface area contributed by atoms with Crippen molar-refractivity contribution in [2.24, 2.45) is 0 Å². The van der Waals surface area contributed by atoms with E-state index in [-0.39, 0.29) is 0 Å². The first-order chi connectivity index (χ1) is 14.6. The summed E-state index contributed by atoms with van der Waals surface area (Å²) in [5, 5.41) is 19.9. The van der Waals surface area contributed by atoms with Crippen molar-refractivity contribution in [2.45, 2.75) is 10.9 Å². The molecule has 3 aromatic carbocycles. The van der Waals surface area contributed by atoms with Crippen LogP contribution in [0.25, 0.3) is 17.1 Å². The Bertz CT molecular complexity index is 1250. The van der Waals surface area contributed by atoms with Gasteiger partial charge in [-0.05, 0) is 48.0 Å². The SMILES string of the molecule is N#Cc1ccc(CSc2nnc(-c3ccccc3Cl)n2-c2ccc(Cl)c(Cl)c2)cc1. The van der Waals surface area contributed by atoms with Crippen LogP contribution in [0.15, 0.2) is 71.9 Å². The monoisotopic (exact) mass is 470 g/mol. The fraction of sp³-hybridized carbons (Fsp3) is 0.0455. The molecule has 1 heterocycles. The van der Waals surface area contributed by atoms with E-state index in [1.807, 2.05) is 47.0 Å². The van der Waals surface area contributed by atoms with E-state index in [1.165, 1.54) is 11.8 Å². The van der Waals surface area contributed by atoms with Gasteiger partial charge in [0, 0.05) is 11.3 Å². The van der Waals surface area contributed by atoms with E-state index in [2.05, 4.69) is 16.3 Å². The van der Waals surface area contributed by atoms with Gasteiger partial charge in [0.1, 0.15) is 0 Å². The summed E-state index contributed by atoms with van der Waals surface area (Å²) >= 11 is 20.3. The molecule has 0 aliphatic heterocycles. The smallest absolute Gasteiger partial charge is 0.196 e. The molecule has 0 unspecified atom stereocenters. The molecular formula is C22H13Cl3N4S. The van der Waals surface area contributed by atoms with Gasteiger partial charge < -0.3 is 0 Å². The molecule has 0 saturated heterocycles. The van der Waals surface area contributed by atoms with Gasteiger partial charge >= 0.3 is 0 Å². The maximum absolute atomic E-state index is 8.97. The van der Waals surface area contributed by atoms with Gasteiger partial charge in [0.05, 0.1) is 32.4 Å². The Morgan fingerprint density at radius 2 is 1.63 bits per heavy atom. The molecular weight excluding hydrogens is 459 g/mol. The Hall–Kier alpha value is -2.49. The minimum absolute atomic E-state index is 0.441. The van der Waals surface area contributed by atoms with Crippen LogP contribution in [0.4, 0.5) is 0 Å². The highest BCUT2D eigenvalue weighted by atomic mass is 35.5. The van der Waals surface area contributed by atoms with Crippen molar-refractivity contribution >= 4 is 46.6 Å². The zero-order valence-corrected chi connectivity index (χ0v) is 18.5. The highest BCUT2D eigenvalue weighted by Crippen LogP contribution is 2.34. The predicted molar refractivity (Wildman–Crippen MR) is 123 cm³/mol. The maximum atomic E-state index is 8.97. The highest BCUT2D eigenvalue weighted by Gasteiger charge is 2.19. The Balaban J connectivity index is 1.75. The fourth-order valence-electron chi connectivity index (χ4n) is 2.86. The van der Waals surface area contributed by atoms with Crippen LogP contribution < -0.4 is 0 Å². The lowest BCUT2D eigenvalue weighted by Crippen LogP contribution is -2.00. The molecule has 4 aromatic rings. The molecule has 1 aromatic heterocycles. The molecule has 4 rings (SSSR count). The topological polar surface area (TPSA) is 54.5 Å². The van der Waals surface area contributed by atoms with Crippen LogP contribution in [0, 0.1) is 11.3 Å². The third kappa shape index (κ3) is 4.33. The molecule has 0 N–H and O–H groups in total. The zero-order chi connectivity index (χ0) is 21.1. The van der Waals surface area contributed by atoms with Crippen molar-refractivity contribution in [3.05, 3.63) is 92.9 Å². The number of aromatic nitrogens is 3. The van der Waals surface area contributed by atoms with Gasteiger partial charge in [-0.2, -0.15) is 5.26 Å². The van der Waals surface area contributed by atoms with E-state index >= 15 is 0 Å². The van der Waals surface area contributed by atoms with E-state index in [9.17, 15) is 0 Å². The molecule has 8 heteroatoms. The second-order valence-electron chi connectivity index (χ2n) is 6.32. The van der Waals surface area contributed by atoms with E-state index in [0.717, 1.165) is 16.8 Å². The number of thioether (sulfide) groups is 1. The Morgan fingerprint density at radius 1 is 0.867 bits per heavy atom. The van der Waals surface area contributed by atoms with Crippen molar-refractivity contribution in [3.8, 4) is 23.1 Å². The first-order valence-electron chi connectivity index (χ1n) is 8.84. The van der Waals surface area contributed by atoms with Gasteiger partial charge in [-0.25, -0.2) is 0 Å². The first-order valence-corrected chi connectivity index (χ1v) is 11.0. The molecule has 30 heavy (non-hydrogen) atoms. The van der Waals surface area contributed by atoms with Crippen molar-refractivity contribution in [3.63, 3.8) is 0 Å². The molecule has 148 valence electrons. The van der Waals surface area contributed by atoms with Crippen LogP contribution in [0.5, 0.6) is 0 Å². The van der Waals surface area contributed by atoms with Crippen molar-refractivity contribution in [2.75, 3.05) is 0 Å². The zero-order valence-electron chi connectivity index (χ0n) is 15.4. The number of hydrogen-bond donors (Lipinski definition) is 0. The first kappa shape index (κ1) is 20.8. The van der Waals surface area contributed by atoms with Gasteiger partial charge in [0.15, 0.2) is 11.0 Å². The average Bonchev–Trinajstić information content (AvgIpc) is 3.18. The minimum atomic E-state index is 0.441. The molecule has 0 aliphatic rings. The van der Waals surface area contributed by atoms with E-state index in [4.69, 9.17) is 40.1 Å². The Morgan fingerprint density at radius 3 is 2.33 bits per heavy atom. The second kappa shape index (κ2) is 9.11. The van der Waals surface area contributed by atoms with Crippen LogP contribution in [-0.2, 0) is 5.75 Å². The Kier molecular flexibility index (Phi) is 6.31. The second-order valence-corrected chi connectivity index (χ2v) is 8.48. The largest absolute Gasteiger partial charge is 0.270 e. The van der Waals surface area contributed by atoms with Crippen molar-refractivity contribution in [1.29, 1.82) is 5.26 Å². The number of halogens is 3. The van der Waals surface area contributed by atoms with E-state index in [0.29, 0.717) is 37.4 Å². The number of hydrogen-bond acceptors (Lipinski definition) is 4. The van der Waals surface area contributed by atoms with Gasteiger partial charge in [-0.3, -0.25) is 4.57 Å². The van der Waals surface area contributed by atoms with Crippen LogP contribution in [-0.4, -0.2) is 14.8 Å². The molecule has 0 saturated carbocycles. The van der Waals surface area contributed by atoms with Crippen LogP contribution in [0.3, 0.4) is 0 Å². The molecule has 0 fully saturated rings. The summed E-state index contributed by atoms with van der Waals surface area (Å²) in [4.78, 5) is 0. The number of nitriles is 1. The van der Waals surface area contributed by atoms with Gasteiger partial charge in [0.25, 0.3) is 0 Å². The lowest BCUT2D eigenvalue weighted by Gasteiger charge is -2.12. The summed E-state index contributed by atoms with van der Waals surface area (Å²) < 4.78 is 1.91. The summed E-state index contributed by atoms with van der Waals surface area (Å²) in [6, 6.07) is 22.5. The summed E-state index contributed by atoms with van der Waals surface area (Å²) in [6.07, 6.45) is 0. The molecule has 0 atom stereocenters. The van der Waals surface area contributed by atoms with Crippen molar-refractivity contribution in [1.82, 2.24) is 14.8 Å². The summed E-state index contributed by atoms with van der Waals surface area (Å²) in [6.45, 7) is 0. The van der Waals surface area contributed by atoms with Crippen LogP contribution in [0.2, 0.25) is 15.1 Å². The summed E-state index contributed by atoms with van der Waals surface area (Å²) in [7, 11) is 0. The summed E-state index contributed by atoms with van der Waals surface area (Å²) in [5.74, 6) is 1.27. The molecule has 0 aliphatic carbocycles. The van der Waals surface area contributed by atoms with E-state index in [1.54, 1.807) is 24.3 Å². The quantitative estimate of drug-likeness (QED) is 0.292. The predicted octanol–water partition coefficient (Wildman–Crippen LogP) is 7.06. The standard InChI is InChI=1S/C22H13Cl3N4S/c23-18-4-2-1-3-17(18)21-27-28-22(29(21)16-9-10-19(24)20(25)11-16)30-13-15-7-5-14(12-26)6-8-15/h1-11H,13H2. The number of benzene rings is 3. The van der Waals surface area contributed by atoms with Crippen LogP contribution in [0.1, 0.15) is 11.1 Å². The Labute approximate surface area is 193 Å². The molecule has 4 nitrogen and oxygen atoms in total. The normalized spacial score (nSPS) is 10.7. The van der Waals surface area contributed by atoms with Crippen LogP contribution >= 0.6 is 46.6 Å².